The molecule has 1 aromatic carbocycles. The minimum atomic E-state index is -0.279. The Balaban J connectivity index is 1.47. The van der Waals surface area contributed by atoms with Gasteiger partial charge in [0.05, 0.1) is 20.3 Å². The summed E-state index contributed by atoms with van der Waals surface area (Å²) < 4.78 is 11.7. The molecule has 0 spiro atoms. The van der Waals surface area contributed by atoms with Gasteiger partial charge >= 0.3 is 0 Å². The Morgan fingerprint density at radius 1 is 1.09 bits per heavy atom. The molecule has 23 heavy (non-hydrogen) atoms. The third-order valence-electron chi connectivity index (χ3n) is 6.41. The van der Waals surface area contributed by atoms with Crippen molar-refractivity contribution in [2.45, 2.75) is 44.6 Å². The van der Waals surface area contributed by atoms with Crippen molar-refractivity contribution >= 4 is 0 Å². The van der Waals surface area contributed by atoms with Crippen molar-refractivity contribution in [1.82, 2.24) is 0 Å². The van der Waals surface area contributed by atoms with E-state index in [-0.39, 0.29) is 12.7 Å². The van der Waals surface area contributed by atoms with Gasteiger partial charge in [0.25, 0.3) is 0 Å². The smallest absolute Gasteiger partial charge is 0.124 e. The summed E-state index contributed by atoms with van der Waals surface area (Å²) in [6, 6.07) is 7.87. The van der Waals surface area contributed by atoms with Gasteiger partial charge in [0.1, 0.15) is 11.9 Å². The average Bonchev–Trinajstić information content (AvgIpc) is 2.54. The second-order valence-corrected chi connectivity index (χ2v) is 8.14. The predicted molar refractivity (Wildman–Crippen MR) is 89.4 cm³/mol. The molecule has 0 saturated heterocycles. The second-order valence-electron chi connectivity index (χ2n) is 8.14. The average molecular weight is 316 g/mol. The maximum atomic E-state index is 9.83. The van der Waals surface area contributed by atoms with Gasteiger partial charge < -0.3 is 14.6 Å². The number of rotatable bonds is 6. The van der Waals surface area contributed by atoms with Gasteiger partial charge in [0.15, 0.2) is 0 Å². The van der Waals surface area contributed by atoms with Crippen LogP contribution < -0.4 is 4.74 Å². The monoisotopic (exact) mass is 316 g/mol. The maximum Gasteiger partial charge on any atom is 0.124 e. The molecule has 4 fully saturated rings. The normalized spacial score (nSPS) is 36.2. The number of aliphatic hydroxyl groups excluding tert-OH is 1. The molecule has 0 radical (unpaired) electrons. The van der Waals surface area contributed by atoms with Crippen molar-refractivity contribution in [3.63, 3.8) is 0 Å². The predicted octanol–water partition coefficient (Wildman–Crippen LogP) is 3.96. The summed E-state index contributed by atoms with van der Waals surface area (Å²) in [5, 5.41) is 9.83. The van der Waals surface area contributed by atoms with Gasteiger partial charge in [-0.1, -0.05) is 18.2 Å². The van der Waals surface area contributed by atoms with Crippen LogP contribution in [0.4, 0.5) is 0 Å². The fourth-order valence-corrected chi connectivity index (χ4v) is 5.92. The van der Waals surface area contributed by atoms with Crippen molar-refractivity contribution in [2.24, 2.45) is 23.2 Å². The van der Waals surface area contributed by atoms with Crippen LogP contribution in [0.1, 0.15) is 50.2 Å². The van der Waals surface area contributed by atoms with E-state index in [9.17, 15) is 5.11 Å². The van der Waals surface area contributed by atoms with Crippen LogP contribution in [0.15, 0.2) is 24.3 Å². The molecule has 1 aromatic rings. The van der Waals surface area contributed by atoms with Crippen molar-refractivity contribution in [3.8, 4) is 5.75 Å². The molecule has 4 aliphatic rings. The molecule has 4 saturated carbocycles. The highest BCUT2D eigenvalue weighted by Gasteiger charge is 2.51. The van der Waals surface area contributed by atoms with E-state index in [0.717, 1.165) is 35.7 Å². The largest absolute Gasteiger partial charge is 0.496 e. The fourth-order valence-electron chi connectivity index (χ4n) is 5.92. The minimum absolute atomic E-state index is 0.00669. The number of hydrogen-bond donors (Lipinski definition) is 1. The van der Waals surface area contributed by atoms with Crippen LogP contribution in [-0.2, 0) is 4.74 Å². The summed E-state index contributed by atoms with van der Waals surface area (Å²) in [4.78, 5) is 0. The van der Waals surface area contributed by atoms with Gasteiger partial charge in [-0.15, -0.1) is 0 Å². The van der Waals surface area contributed by atoms with Crippen LogP contribution in [0.3, 0.4) is 0 Å². The van der Waals surface area contributed by atoms with Crippen LogP contribution in [0.5, 0.6) is 5.75 Å². The zero-order chi connectivity index (χ0) is 15.9. The molecular weight excluding hydrogens is 288 g/mol. The first-order chi connectivity index (χ1) is 11.2. The van der Waals surface area contributed by atoms with Gasteiger partial charge in [-0.25, -0.2) is 0 Å². The summed E-state index contributed by atoms with van der Waals surface area (Å²) in [6.45, 7) is 0.798. The molecule has 126 valence electrons. The number of hydrogen-bond acceptors (Lipinski definition) is 3. The lowest BCUT2D eigenvalue weighted by molar-refractivity contribution is -0.119. The molecule has 1 N–H and O–H groups in total. The summed E-state index contributed by atoms with van der Waals surface area (Å²) >= 11 is 0. The van der Waals surface area contributed by atoms with Crippen LogP contribution in [0, 0.1) is 23.2 Å². The van der Waals surface area contributed by atoms with Crippen LogP contribution in [0.25, 0.3) is 0 Å². The van der Waals surface area contributed by atoms with Crippen molar-refractivity contribution in [3.05, 3.63) is 29.8 Å². The minimum Gasteiger partial charge on any atom is -0.496 e. The molecule has 0 aliphatic heterocycles. The molecule has 1 unspecified atom stereocenters. The highest BCUT2D eigenvalue weighted by Crippen LogP contribution is 2.60. The Kier molecular flexibility index (Phi) is 4.10. The maximum absolute atomic E-state index is 9.83. The van der Waals surface area contributed by atoms with Crippen LogP contribution >= 0.6 is 0 Å². The number of benzene rings is 1. The number of aliphatic hydroxyl groups is 1. The first kappa shape index (κ1) is 15.5. The molecule has 4 aliphatic carbocycles. The lowest BCUT2D eigenvalue weighted by Crippen LogP contribution is -2.48. The number of ether oxygens (including phenoxy) is 2. The van der Waals surface area contributed by atoms with E-state index in [2.05, 4.69) is 0 Å². The Morgan fingerprint density at radius 2 is 1.70 bits per heavy atom. The van der Waals surface area contributed by atoms with E-state index in [1.807, 2.05) is 24.3 Å². The summed E-state index contributed by atoms with van der Waals surface area (Å²) in [6.07, 6.45) is 8.09. The fraction of sp³-hybridized carbons (Fsp3) is 0.700. The Bertz CT molecular complexity index is 518. The van der Waals surface area contributed by atoms with Crippen LogP contribution in [0.2, 0.25) is 0 Å². The third-order valence-corrected chi connectivity index (χ3v) is 6.41. The highest BCUT2D eigenvalue weighted by atomic mass is 16.5. The molecular formula is C20H28O3. The molecule has 0 aromatic heterocycles. The zero-order valence-corrected chi connectivity index (χ0v) is 14.0. The van der Waals surface area contributed by atoms with E-state index in [1.54, 1.807) is 7.11 Å². The van der Waals surface area contributed by atoms with Crippen molar-refractivity contribution in [1.29, 1.82) is 0 Å². The number of methoxy groups -OCH3 is 1. The molecule has 0 amide bonds. The quantitative estimate of drug-likeness (QED) is 0.863. The molecule has 3 heteroatoms. The van der Waals surface area contributed by atoms with E-state index >= 15 is 0 Å². The summed E-state index contributed by atoms with van der Waals surface area (Å²) in [7, 11) is 1.67. The van der Waals surface area contributed by atoms with Gasteiger partial charge in [-0.05, 0) is 67.8 Å². The molecule has 4 bridgehead atoms. The Hall–Kier alpha value is -1.06. The van der Waals surface area contributed by atoms with Crippen LogP contribution in [-0.4, -0.2) is 25.4 Å². The second kappa shape index (κ2) is 6.10. The number of para-hydroxylation sites is 1. The lowest BCUT2D eigenvalue weighted by Gasteiger charge is -2.56. The van der Waals surface area contributed by atoms with Gasteiger partial charge in [-0.2, -0.15) is 0 Å². The SMILES string of the molecule is COc1ccccc1C(CO)OCC12CC3CC(CC(C3)C1)C2. The molecule has 0 heterocycles. The Labute approximate surface area is 139 Å². The highest BCUT2D eigenvalue weighted by molar-refractivity contribution is 5.35. The molecule has 3 nitrogen and oxygen atoms in total. The lowest BCUT2D eigenvalue weighted by atomic mass is 9.50. The Morgan fingerprint density at radius 3 is 2.26 bits per heavy atom. The topological polar surface area (TPSA) is 38.7 Å². The van der Waals surface area contributed by atoms with Crippen molar-refractivity contribution in [2.75, 3.05) is 20.3 Å². The third kappa shape index (κ3) is 2.89. The first-order valence-electron chi connectivity index (χ1n) is 9.07. The van der Waals surface area contributed by atoms with E-state index < -0.39 is 0 Å². The van der Waals surface area contributed by atoms with Gasteiger partial charge in [0, 0.05) is 5.56 Å². The first-order valence-corrected chi connectivity index (χ1v) is 9.07. The van der Waals surface area contributed by atoms with Gasteiger partial charge in [-0.3, -0.25) is 0 Å². The molecule has 5 rings (SSSR count). The summed E-state index contributed by atoms with van der Waals surface area (Å²) in [5.74, 6) is 3.60. The van der Waals surface area contributed by atoms with E-state index in [0.29, 0.717) is 5.41 Å². The van der Waals surface area contributed by atoms with Crippen molar-refractivity contribution < 1.29 is 14.6 Å². The van der Waals surface area contributed by atoms with Gasteiger partial charge in [0.2, 0.25) is 0 Å². The standard InChI is InChI=1S/C20H28O3/c1-22-18-5-3-2-4-17(18)19(12-21)23-13-20-9-14-6-15(10-20)8-16(7-14)11-20/h2-5,14-16,19,21H,6-13H2,1H3. The van der Waals surface area contributed by atoms with E-state index in [1.165, 1.54) is 38.5 Å². The zero-order valence-electron chi connectivity index (χ0n) is 14.0. The van der Waals surface area contributed by atoms with E-state index in [4.69, 9.17) is 9.47 Å². The summed E-state index contributed by atoms with van der Waals surface area (Å²) in [5.41, 5.74) is 1.34. The molecule has 1 atom stereocenters.